The molecule has 58 valence electrons. The molecule has 0 unspecified atom stereocenters. The Morgan fingerprint density at radius 1 is 1.40 bits per heavy atom. The van der Waals surface area contributed by atoms with Gasteiger partial charge in [0.1, 0.15) is 4.38 Å². The standard InChI is InChI=1S/C7H13NS2/c1-2-3-4-5-8-7-9-6-10-7/h2-6H2,1H3. The van der Waals surface area contributed by atoms with Gasteiger partial charge in [-0.3, -0.25) is 4.99 Å². The zero-order valence-electron chi connectivity index (χ0n) is 6.30. The van der Waals surface area contributed by atoms with Crippen LogP contribution in [-0.2, 0) is 0 Å². The second kappa shape index (κ2) is 5.08. The summed E-state index contributed by atoms with van der Waals surface area (Å²) in [6, 6.07) is 0. The van der Waals surface area contributed by atoms with Gasteiger partial charge in [0.05, 0.1) is 5.08 Å². The smallest absolute Gasteiger partial charge is 0.126 e. The molecule has 1 saturated heterocycles. The summed E-state index contributed by atoms with van der Waals surface area (Å²) in [7, 11) is 0. The predicted octanol–water partition coefficient (Wildman–Crippen LogP) is 2.97. The minimum atomic E-state index is 1.04. The van der Waals surface area contributed by atoms with E-state index in [4.69, 9.17) is 0 Å². The van der Waals surface area contributed by atoms with Crippen LogP contribution in [0.4, 0.5) is 0 Å². The van der Waals surface area contributed by atoms with Gasteiger partial charge in [0.2, 0.25) is 0 Å². The van der Waals surface area contributed by atoms with E-state index in [9.17, 15) is 0 Å². The number of unbranched alkanes of at least 4 members (excludes halogenated alkanes) is 2. The van der Waals surface area contributed by atoms with Crippen molar-refractivity contribution >= 4 is 27.9 Å². The second-order valence-electron chi connectivity index (χ2n) is 2.26. The van der Waals surface area contributed by atoms with Crippen molar-refractivity contribution in [2.75, 3.05) is 11.6 Å². The summed E-state index contributed by atoms with van der Waals surface area (Å²) in [5.74, 6) is 0. The van der Waals surface area contributed by atoms with Crippen molar-refractivity contribution in [1.29, 1.82) is 0 Å². The molecule has 1 fully saturated rings. The van der Waals surface area contributed by atoms with Crippen molar-refractivity contribution in [3.8, 4) is 0 Å². The quantitative estimate of drug-likeness (QED) is 0.609. The van der Waals surface area contributed by atoms with Crippen molar-refractivity contribution in [3.05, 3.63) is 0 Å². The van der Waals surface area contributed by atoms with Crippen molar-refractivity contribution in [3.63, 3.8) is 0 Å². The molecule has 1 heterocycles. The summed E-state index contributed by atoms with van der Waals surface area (Å²) in [4.78, 5) is 4.41. The fourth-order valence-corrected chi connectivity index (χ4v) is 1.99. The summed E-state index contributed by atoms with van der Waals surface area (Å²) in [6.45, 7) is 3.27. The maximum absolute atomic E-state index is 4.41. The van der Waals surface area contributed by atoms with Gasteiger partial charge in [-0.15, -0.1) is 0 Å². The van der Waals surface area contributed by atoms with E-state index < -0.39 is 0 Å². The van der Waals surface area contributed by atoms with E-state index in [-0.39, 0.29) is 0 Å². The van der Waals surface area contributed by atoms with Gasteiger partial charge in [-0.05, 0) is 6.42 Å². The average Bonchev–Trinajstić information content (AvgIpc) is 1.84. The van der Waals surface area contributed by atoms with Crippen LogP contribution in [0, 0.1) is 0 Å². The molecule has 0 spiro atoms. The Morgan fingerprint density at radius 2 is 2.20 bits per heavy atom. The first-order chi connectivity index (χ1) is 4.93. The van der Waals surface area contributed by atoms with E-state index in [1.165, 1.54) is 28.7 Å². The van der Waals surface area contributed by atoms with Gasteiger partial charge in [-0.25, -0.2) is 0 Å². The maximum atomic E-state index is 4.41. The van der Waals surface area contributed by atoms with Crippen LogP contribution in [0.3, 0.4) is 0 Å². The van der Waals surface area contributed by atoms with Crippen LogP contribution >= 0.6 is 23.5 Å². The Labute approximate surface area is 71.1 Å². The van der Waals surface area contributed by atoms with Crippen LogP contribution in [0.2, 0.25) is 0 Å². The number of hydrogen-bond donors (Lipinski definition) is 0. The summed E-state index contributed by atoms with van der Waals surface area (Å²) < 4.78 is 1.30. The highest BCUT2D eigenvalue weighted by Crippen LogP contribution is 2.32. The van der Waals surface area contributed by atoms with E-state index in [1.54, 1.807) is 0 Å². The molecule has 0 bridgehead atoms. The summed E-state index contributed by atoms with van der Waals surface area (Å²) in [6.07, 6.45) is 3.89. The van der Waals surface area contributed by atoms with Gasteiger partial charge in [0.25, 0.3) is 0 Å². The predicted molar refractivity (Wildman–Crippen MR) is 51.9 cm³/mol. The number of thioether (sulfide) groups is 2. The van der Waals surface area contributed by atoms with Crippen LogP contribution in [0.15, 0.2) is 4.99 Å². The van der Waals surface area contributed by atoms with Crippen molar-refractivity contribution in [2.45, 2.75) is 26.2 Å². The highest BCUT2D eigenvalue weighted by Gasteiger charge is 2.10. The number of rotatable bonds is 4. The highest BCUT2D eigenvalue weighted by molar-refractivity contribution is 8.52. The summed E-state index contributed by atoms with van der Waals surface area (Å²) in [5.41, 5.74) is 0. The van der Waals surface area contributed by atoms with Crippen LogP contribution in [0.1, 0.15) is 26.2 Å². The Morgan fingerprint density at radius 3 is 2.70 bits per heavy atom. The van der Waals surface area contributed by atoms with E-state index in [0.29, 0.717) is 0 Å². The minimum absolute atomic E-state index is 1.04. The first-order valence-corrected chi connectivity index (χ1v) is 5.70. The molecular weight excluding hydrogens is 162 g/mol. The zero-order chi connectivity index (χ0) is 7.23. The lowest BCUT2D eigenvalue weighted by atomic mass is 10.3. The number of hydrogen-bond acceptors (Lipinski definition) is 3. The maximum Gasteiger partial charge on any atom is 0.126 e. The van der Waals surface area contributed by atoms with Gasteiger partial charge in [-0.1, -0.05) is 43.3 Å². The second-order valence-corrected chi connectivity index (χ2v) is 4.81. The molecule has 0 aliphatic carbocycles. The molecule has 0 radical (unpaired) electrons. The van der Waals surface area contributed by atoms with E-state index in [1.807, 2.05) is 23.5 Å². The summed E-state index contributed by atoms with van der Waals surface area (Å²) >= 11 is 3.75. The summed E-state index contributed by atoms with van der Waals surface area (Å²) in [5, 5.41) is 1.21. The monoisotopic (exact) mass is 175 g/mol. The Balaban J connectivity index is 1.93. The molecule has 0 amide bonds. The molecule has 1 rings (SSSR count). The van der Waals surface area contributed by atoms with Crippen molar-refractivity contribution < 1.29 is 0 Å². The highest BCUT2D eigenvalue weighted by atomic mass is 32.3. The molecule has 0 N–H and O–H groups in total. The molecular formula is C7H13NS2. The third kappa shape index (κ3) is 2.97. The Bertz CT molecular complexity index is 117. The molecule has 0 saturated carbocycles. The Kier molecular flexibility index (Phi) is 4.30. The molecule has 0 aromatic rings. The lowest BCUT2D eigenvalue weighted by molar-refractivity contribution is 0.729. The fraction of sp³-hybridized carbons (Fsp3) is 0.857. The molecule has 1 aliphatic rings. The number of nitrogens with zero attached hydrogens (tertiary/aromatic N) is 1. The minimum Gasteiger partial charge on any atom is -0.272 e. The SMILES string of the molecule is CCCCCN=C1SCS1. The molecule has 3 heteroatoms. The lowest BCUT2D eigenvalue weighted by Crippen LogP contribution is -1.99. The van der Waals surface area contributed by atoms with Gasteiger partial charge in [0.15, 0.2) is 0 Å². The zero-order valence-corrected chi connectivity index (χ0v) is 7.93. The lowest BCUT2D eigenvalue weighted by Gasteiger charge is -2.12. The molecule has 0 atom stereocenters. The molecule has 10 heavy (non-hydrogen) atoms. The first kappa shape index (κ1) is 8.47. The van der Waals surface area contributed by atoms with Crippen LogP contribution in [0.5, 0.6) is 0 Å². The van der Waals surface area contributed by atoms with E-state index in [0.717, 1.165) is 6.54 Å². The average molecular weight is 175 g/mol. The molecule has 0 aromatic carbocycles. The molecule has 1 aliphatic heterocycles. The Hall–Kier alpha value is 0.370. The normalized spacial score (nSPS) is 16.7. The fourth-order valence-electron chi connectivity index (χ4n) is 0.735. The van der Waals surface area contributed by atoms with Gasteiger partial charge in [-0.2, -0.15) is 0 Å². The van der Waals surface area contributed by atoms with Crippen LogP contribution < -0.4 is 0 Å². The number of aliphatic imine (C=N–C) groups is 1. The molecule has 1 nitrogen and oxygen atoms in total. The van der Waals surface area contributed by atoms with E-state index in [2.05, 4.69) is 11.9 Å². The van der Waals surface area contributed by atoms with Gasteiger partial charge < -0.3 is 0 Å². The van der Waals surface area contributed by atoms with Crippen molar-refractivity contribution in [2.24, 2.45) is 4.99 Å². The van der Waals surface area contributed by atoms with Crippen molar-refractivity contribution in [1.82, 2.24) is 0 Å². The topological polar surface area (TPSA) is 12.4 Å². The third-order valence-corrected chi connectivity index (χ3v) is 3.77. The van der Waals surface area contributed by atoms with E-state index >= 15 is 0 Å². The first-order valence-electron chi connectivity index (χ1n) is 3.73. The third-order valence-electron chi connectivity index (χ3n) is 1.37. The van der Waals surface area contributed by atoms with Gasteiger partial charge >= 0.3 is 0 Å². The van der Waals surface area contributed by atoms with Crippen LogP contribution in [-0.4, -0.2) is 16.0 Å². The largest absolute Gasteiger partial charge is 0.272 e. The van der Waals surface area contributed by atoms with Gasteiger partial charge in [0, 0.05) is 6.54 Å². The van der Waals surface area contributed by atoms with Crippen LogP contribution in [0.25, 0.3) is 0 Å². The molecule has 0 aromatic heterocycles.